The zero-order valence-corrected chi connectivity index (χ0v) is 14.5. The summed E-state index contributed by atoms with van der Waals surface area (Å²) in [5.41, 5.74) is 2.41. The molecule has 1 saturated heterocycles. The summed E-state index contributed by atoms with van der Waals surface area (Å²) in [4.78, 5) is 18.6. The molecule has 2 unspecified atom stereocenters. The van der Waals surface area contributed by atoms with Crippen molar-refractivity contribution in [1.29, 1.82) is 0 Å². The van der Waals surface area contributed by atoms with Gasteiger partial charge in [0.2, 0.25) is 5.91 Å². The highest BCUT2D eigenvalue weighted by Crippen LogP contribution is 2.30. The van der Waals surface area contributed by atoms with Gasteiger partial charge >= 0.3 is 0 Å². The Morgan fingerprint density at radius 1 is 1.42 bits per heavy atom. The summed E-state index contributed by atoms with van der Waals surface area (Å²) in [6.45, 7) is 5.49. The van der Waals surface area contributed by atoms with Gasteiger partial charge in [0.25, 0.3) is 0 Å². The van der Waals surface area contributed by atoms with Gasteiger partial charge in [-0.3, -0.25) is 4.79 Å². The van der Waals surface area contributed by atoms with Crippen molar-refractivity contribution in [2.24, 2.45) is 0 Å². The third-order valence-electron chi connectivity index (χ3n) is 4.81. The molecule has 1 fully saturated rings. The van der Waals surface area contributed by atoms with E-state index < -0.39 is 0 Å². The summed E-state index contributed by atoms with van der Waals surface area (Å²) in [5.74, 6) is 1.38. The van der Waals surface area contributed by atoms with E-state index in [9.17, 15) is 4.79 Å². The van der Waals surface area contributed by atoms with Gasteiger partial charge in [0.05, 0.1) is 7.11 Å². The SMILES string of the molecule is COc1ccc(C2CCCN(C(=O)C(C)n3cncn3)C2)cc1C. The van der Waals surface area contributed by atoms with E-state index in [0.717, 1.165) is 37.2 Å². The summed E-state index contributed by atoms with van der Waals surface area (Å²) in [5, 5.41) is 4.08. The second kappa shape index (κ2) is 7.03. The van der Waals surface area contributed by atoms with E-state index in [4.69, 9.17) is 4.74 Å². The normalized spacial score (nSPS) is 19.1. The molecular formula is C18H24N4O2. The number of ether oxygens (including phenoxy) is 1. The van der Waals surface area contributed by atoms with Gasteiger partial charge in [-0.2, -0.15) is 5.10 Å². The zero-order valence-electron chi connectivity index (χ0n) is 14.5. The van der Waals surface area contributed by atoms with Crippen LogP contribution in [0.1, 0.15) is 42.9 Å². The van der Waals surface area contributed by atoms with Crippen molar-refractivity contribution in [1.82, 2.24) is 19.7 Å². The van der Waals surface area contributed by atoms with Gasteiger partial charge in [0.1, 0.15) is 24.4 Å². The third kappa shape index (κ3) is 3.27. The van der Waals surface area contributed by atoms with Crippen LogP contribution in [-0.2, 0) is 4.79 Å². The number of carbonyl (C=O) groups is 1. The zero-order chi connectivity index (χ0) is 17.1. The van der Waals surface area contributed by atoms with Crippen LogP contribution in [0.3, 0.4) is 0 Å². The fraction of sp³-hybridized carbons (Fsp3) is 0.500. The number of methoxy groups -OCH3 is 1. The van der Waals surface area contributed by atoms with Gasteiger partial charge in [-0.15, -0.1) is 0 Å². The summed E-state index contributed by atoms with van der Waals surface area (Å²) in [6, 6.07) is 6.00. The van der Waals surface area contributed by atoms with Crippen LogP contribution in [-0.4, -0.2) is 45.8 Å². The van der Waals surface area contributed by atoms with Crippen LogP contribution >= 0.6 is 0 Å². The quantitative estimate of drug-likeness (QED) is 0.865. The van der Waals surface area contributed by atoms with E-state index in [1.54, 1.807) is 18.1 Å². The van der Waals surface area contributed by atoms with Crippen LogP contribution in [0, 0.1) is 6.92 Å². The second-order valence-corrected chi connectivity index (χ2v) is 6.40. The molecule has 128 valence electrons. The Balaban J connectivity index is 1.72. The number of piperidine rings is 1. The van der Waals surface area contributed by atoms with E-state index in [1.807, 2.05) is 17.9 Å². The molecule has 1 aliphatic heterocycles. The van der Waals surface area contributed by atoms with Crippen LogP contribution in [0.2, 0.25) is 0 Å². The van der Waals surface area contributed by atoms with E-state index in [2.05, 4.69) is 29.1 Å². The molecule has 1 amide bonds. The molecule has 3 rings (SSSR count). The van der Waals surface area contributed by atoms with Gasteiger partial charge in [0, 0.05) is 19.0 Å². The number of aryl methyl sites for hydroxylation is 1. The molecule has 1 aromatic heterocycles. The van der Waals surface area contributed by atoms with Crippen molar-refractivity contribution in [3.05, 3.63) is 42.0 Å². The highest BCUT2D eigenvalue weighted by atomic mass is 16.5. The van der Waals surface area contributed by atoms with Crippen molar-refractivity contribution in [2.75, 3.05) is 20.2 Å². The minimum absolute atomic E-state index is 0.107. The minimum Gasteiger partial charge on any atom is -0.496 e. The standard InChI is InChI=1S/C18H24N4O2/c1-13-9-15(6-7-17(13)24-3)16-5-4-8-21(10-16)18(23)14(2)22-12-19-11-20-22/h6-7,9,11-12,14,16H,4-5,8,10H2,1-3H3. The number of benzene rings is 1. The van der Waals surface area contributed by atoms with E-state index >= 15 is 0 Å². The smallest absolute Gasteiger partial charge is 0.247 e. The third-order valence-corrected chi connectivity index (χ3v) is 4.81. The first-order chi connectivity index (χ1) is 11.6. The Labute approximate surface area is 142 Å². The molecule has 2 heterocycles. The first-order valence-corrected chi connectivity index (χ1v) is 8.37. The summed E-state index contributed by atoms with van der Waals surface area (Å²) in [7, 11) is 1.69. The van der Waals surface area contributed by atoms with E-state index in [1.165, 1.54) is 11.9 Å². The predicted molar refractivity (Wildman–Crippen MR) is 91.0 cm³/mol. The fourth-order valence-corrected chi connectivity index (χ4v) is 3.40. The molecule has 0 bridgehead atoms. The minimum atomic E-state index is -0.316. The first kappa shape index (κ1) is 16.5. The maximum atomic E-state index is 12.8. The Kier molecular flexibility index (Phi) is 4.83. The lowest BCUT2D eigenvalue weighted by molar-refractivity contribution is -0.135. The molecule has 1 aliphatic rings. The Morgan fingerprint density at radius 3 is 2.92 bits per heavy atom. The van der Waals surface area contributed by atoms with E-state index in [-0.39, 0.29) is 11.9 Å². The summed E-state index contributed by atoms with van der Waals surface area (Å²) < 4.78 is 6.95. The second-order valence-electron chi connectivity index (χ2n) is 6.40. The topological polar surface area (TPSA) is 60.2 Å². The first-order valence-electron chi connectivity index (χ1n) is 8.37. The molecule has 6 heteroatoms. The molecule has 6 nitrogen and oxygen atoms in total. The van der Waals surface area contributed by atoms with Crippen molar-refractivity contribution in [3.63, 3.8) is 0 Å². The molecule has 0 saturated carbocycles. The number of aromatic nitrogens is 3. The lowest BCUT2D eigenvalue weighted by atomic mass is 9.89. The van der Waals surface area contributed by atoms with Crippen LogP contribution in [0.25, 0.3) is 0 Å². The largest absolute Gasteiger partial charge is 0.496 e. The molecule has 0 aliphatic carbocycles. The van der Waals surface area contributed by atoms with Crippen LogP contribution in [0.5, 0.6) is 5.75 Å². The molecule has 24 heavy (non-hydrogen) atoms. The number of likely N-dealkylation sites (tertiary alicyclic amines) is 1. The van der Waals surface area contributed by atoms with Crippen molar-refractivity contribution < 1.29 is 9.53 Å². The Bertz CT molecular complexity index is 699. The lowest BCUT2D eigenvalue weighted by Crippen LogP contribution is -2.42. The Morgan fingerprint density at radius 2 is 2.25 bits per heavy atom. The predicted octanol–water partition coefficient (Wildman–Crippen LogP) is 2.56. The summed E-state index contributed by atoms with van der Waals surface area (Å²) in [6.07, 6.45) is 5.18. The van der Waals surface area contributed by atoms with Gasteiger partial charge < -0.3 is 9.64 Å². The number of carbonyl (C=O) groups excluding carboxylic acids is 1. The van der Waals surface area contributed by atoms with Crippen LogP contribution < -0.4 is 4.74 Å². The van der Waals surface area contributed by atoms with Gasteiger partial charge in [-0.1, -0.05) is 12.1 Å². The highest BCUT2D eigenvalue weighted by molar-refractivity contribution is 5.80. The number of rotatable bonds is 4. The fourth-order valence-electron chi connectivity index (χ4n) is 3.40. The molecule has 2 aromatic rings. The maximum absolute atomic E-state index is 12.8. The van der Waals surface area contributed by atoms with Gasteiger partial charge in [-0.05, 0) is 43.9 Å². The molecule has 0 radical (unpaired) electrons. The van der Waals surface area contributed by atoms with Gasteiger partial charge in [0.15, 0.2) is 0 Å². The average molecular weight is 328 g/mol. The van der Waals surface area contributed by atoms with Gasteiger partial charge in [-0.25, -0.2) is 9.67 Å². The van der Waals surface area contributed by atoms with E-state index in [0.29, 0.717) is 5.92 Å². The molecule has 0 spiro atoms. The van der Waals surface area contributed by atoms with Crippen molar-refractivity contribution >= 4 is 5.91 Å². The monoisotopic (exact) mass is 328 g/mol. The molecule has 0 N–H and O–H groups in total. The number of hydrogen-bond donors (Lipinski definition) is 0. The van der Waals surface area contributed by atoms with Crippen LogP contribution in [0.4, 0.5) is 0 Å². The van der Waals surface area contributed by atoms with Crippen LogP contribution in [0.15, 0.2) is 30.9 Å². The number of nitrogens with zero attached hydrogens (tertiary/aromatic N) is 4. The highest BCUT2D eigenvalue weighted by Gasteiger charge is 2.28. The molecule has 2 atom stereocenters. The van der Waals surface area contributed by atoms with Crippen molar-refractivity contribution in [3.8, 4) is 5.75 Å². The van der Waals surface area contributed by atoms with Crippen molar-refractivity contribution in [2.45, 2.75) is 38.6 Å². The summed E-state index contributed by atoms with van der Waals surface area (Å²) >= 11 is 0. The average Bonchev–Trinajstić information content (AvgIpc) is 3.15. The lowest BCUT2D eigenvalue weighted by Gasteiger charge is -2.34. The number of amides is 1. The number of hydrogen-bond acceptors (Lipinski definition) is 4. The Hall–Kier alpha value is -2.37. The molecular weight excluding hydrogens is 304 g/mol. The molecule has 1 aromatic carbocycles. The maximum Gasteiger partial charge on any atom is 0.247 e.